The van der Waals surface area contributed by atoms with Crippen molar-refractivity contribution in [2.45, 2.75) is 0 Å². The molecule has 3 aromatic heterocycles. The van der Waals surface area contributed by atoms with Gasteiger partial charge in [0.15, 0.2) is 0 Å². The highest BCUT2D eigenvalue weighted by Gasteiger charge is 2.11. The van der Waals surface area contributed by atoms with Gasteiger partial charge < -0.3 is 9.14 Å². The number of ether oxygens (including phenoxy) is 1. The summed E-state index contributed by atoms with van der Waals surface area (Å²) in [5.74, 6) is 0.790. The second kappa shape index (κ2) is 5.57. The number of nitrogens with zero attached hydrogens (tertiary/aromatic N) is 3. The minimum absolute atomic E-state index is 0.790. The van der Waals surface area contributed by atoms with Gasteiger partial charge in [0.1, 0.15) is 11.4 Å². The molecule has 0 aliphatic carbocycles. The van der Waals surface area contributed by atoms with E-state index in [1.54, 1.807) is 13.3 Å². The van der Waals surface area contributed by atoms with Crippen molar-refractivity contribution in [3.8, 4) is 28.3 Å². The summed E-state index contributed by atoms with van der Waals surface area (Å²) >= 11 is 0. The predicted octanol–water partition coefficient (Wildman–Crippen LogP) is 4.07. The van der Waals surface area contributed by atoms with Gasteiger partial charge in [0, 0.05) is 29.7 Å². The van der Waals surface area contributed by atoms with Gasteiger partial charge in [-0.2, -0.15) is 0 Å². The second-order valence-electron chi connectivity index (χ2n) is 5.22. The summed E-state index contributed by atoms with van der Waals surface area (Å²) in [4.78, 5) is 9.05. The molecule has 0 saturated heterocycles. The van der Waals surface area contributed by atoms with Crippen molar-refractivity contribution in [1.82, 2.24) is 14.4 Å². The monoisotopic (exact) mass is 301 g/mol. The van der Waals surface area contributed by atoms with Crippen molar-refractivity contribution >= 4 is 5.65 Å². The van der Waals surface area contributed by atoms with Crippen molar-refractivity contribution in [3.63, 3.8) is 0 Å². The molecule has 0 fully saturated rings. The van der Waals surface area contributed by atoms with E-state index in [9.17, 15) is 0 Å². The normalized spacial score (nSPS) is 10.8. The second-order valence-corrected chi connectivity index (χ2v) is 5.22. The first-order chi connectivity index (χ1) is 11.3. The highest BCUT2D eigenvalue weighted by molar-refractivity contribution is 5.74. The molecule has 0 aliphatic rings. The Bertz CT molecular complexity index is 928. The molecule has 0 amide bonds. The van der Waals surface area contributed by atoms with E-state index in [1.165, 1.54) is 0 Å². The smallest absolute Gasteiger partial charge is 0.137 e. The fourth-order valence-electron chi connectivity index (χ4n) is 2.66. The Labute approximate surface area is 134 Å². The fourth-order valence-corrected chi connectivity index (χ4v) is 2.66. The first kappa shape index (κ1) is 13.5. The summed E-state index contributed by atoms with van der Waals surface area (Å²) in [5, 5.41) is 0. The van der Waals surface area contributed by atoms with Gasteiger partial charge in [-0.15, -0.1) is 0 Å². The third-order valence-corrected chi connectivity index (χ3v) is 3.80. The van der Waals surface area contributed by atoms with Crippen LogP contribution in [0.4, 0.5) is 0 Å². The van der Waals surface area contributed by atoms with Crippen LogP contribution in [0.15, 0.2) is 73.2 Å². The van der Waals surface area contributed by atoms with Gasteiger partial charge in [0.2, 0.25) is 0 Å². The van der Waals surface area contributed by atoms with E-state index in [-0.39, 0.29) is 0 Å². The molecule has 3 heterocycles. The number of imidazole rings is 1. The lowest BCUT2D eigenvalue weighted by atomic mass is 10.1. The number of rotatable bonds is 3. The Morgan fingerprint density at radius 3 is 2.65 bits per heavy atom. The van der Waals surface area contributed by atoms with Crippen LogP contribution in [-0.2, 0) is 0 Å². The number of aromatic nitrogens is 3. The van der Waals surface area contributed by atoms with Gasteiger partial charge in [-0.1, -0.05) is 18.2 Å². The number of pyridine rings is 2. The molecule has 0 aliphatic heterocycles. The molecule has 4 aromatic rings. The maximum Gasteiger partial charge on any atom is 0.137 e. The molecular formula is C19H15N3O. The molecule has 0 saturated carbocycles. The molecule has 0 atom stereocenters. The van der Waals surface area contributed by atoms with Crippen molar-refractivity contribution in [3.05, 3.63) is 73.2 Å². The lowest BCUT2D eigenvalue weighted by Gasteiger charge is -2.09. The van der Waals surface area contributed by atoms with E-state index < -0.39 is 0 Å². The average molecular weight is 301 g/mol. The van der Waals surface area contributed by atoms with Gasteiger partial charge in [0.25, 0.3) is 0 Å². The number of hydrogen-bond acceptors (Lipinski definition) is 3. The van der Waals surface area contributed by atoms with Crippen molar-refractivity contribution in [1.29, 1.82) is 0 Å². The maximum absolute atomic E-state index is 5.56. The quantitative estimate of drug-likeness (QED) is 0.572. The Hall–Kier alpha value is -3.14. The largest absolute Gasteiger partial charge is 0.496 e. The van der Waals surface area contributed by atoms with Crippen LogP contribution in [-0.4, -0.2) is 21.5 Å². The van der Waals surface area contributed by atoms with Crippen LogP contribution in [0.3, 0.4) is 0 Å². The van der Waals surface area contributed by atoms with Gasteiger partial charge in [-0.25, -0.2) is 4.98 Å². The molecular weight excluding hydrogens is 286 g/mol. The SMILES string of the molecule is COc1cc(-c2cn3ccccc3n2)ccc1-c1ccccn1. The molecule has 0 N–H and O–H groups in total. The standard InChI is InChI=1S/C19H15N3O/c1-23-18-12-14(8-9-15(18)16-6-2-4-10-20-16)17-13-22-11-5-3-7-19(22)21-17/h2-13H,1H3. The fraction of sp³-hybridized carbons (Fsp3) is 0.0526. The number of benzene rings is 1. The zero-order valence-electron chi connectivity index (χ0n) is 12.7. The molecule has 0 radical (unpaired) electrons. The van der Waals surface area contributed by atoms with Crippen LogP contribution in [0.1, 0.15) is 0 Å². The van der Waals surface area contributed by atoms with Crippen molar-refractivity contribution in [2.24, 2.45) is 0 Å². The molecule has 4 heteroatoms. The van der Waals surface area contributed by atoms with Crippen molar-refractivity contribution < 1.29 is 4.74 Å². The molecule has 0 bridgehead atoms. The molecule has 0 spiro atoms. The van der Waals surface area contributed by atoms with Crippen LogP contribution in [0.25, 0.3) is 28.2 Å². The lowest BCUT2D eigenvalue weighted by Crippen LogP contribution is -1.91. The van der Waals surface area contributed by atoms with Crippen LogP contribution < -0.4 is 4.74 Å². The molecule has 1 aromatic carbocycles. The zero-order chi connectivity index (χ0) is 15.6. The molecule has 4 rings (SSSR count). The first-order valence-corrected chi connectivity index (χ1v) is 7.39. The molecule has 4 nitrogen and oxygen atoms in total. The first-order valence-electron chi connectivity index (χ1n) is 7.39. The van der Waals surface area contributed by atoms with E-state index in [2.05, 4.69) is 9.97 Å². The topological polar surface area (TPSA) is 39.4 Å². The summed E-state index contributed by atoms with van der Waals surface area (Å²) < 4.78 is 7.57. The maximum atomic E-state index is 5.56. The number of hydrogen-bond donors (Lipinski definition) is 0. The van der Waals surface area contributed by atoms with E-state index >= 15 is 0 Å². The Kier molecular flexibility index (Phi) is 3.27. The minimum Gasteiger partial charge on any atom is -0.496 e. The van der Waals surface area contributed by atoms with Gasteiger partial charge in [-0.05, 0) is 36.4 Å². The Balaban J connectivity index is 1.81. The van der Waals surface area contributed by atoms with Crippen molar-refractivity contribution in [2.75, 3.05) is 7.11 Å². The number of methoxy groups -OCH3 is 1. The highest BCUT2D eigenvalue weighted by atomic mass is 16.5. The Morgan fingerprint density at radius 1 is 0.957 bits per heavy atom. The summed E-state index contributed by atoms with van der Waals surface area (Å²) in [6.45, 7) is 0. The Morgan fingerprint density at radius 2 is 1.87 bits per heavy atom. The third-order valence-electron chi connectivity index (χ3n) is 3.80. The summed E-state index contributed by atoms with van der Waals surface area (Å²) in [6, 6.07) is 17.9. The third kappa shape index (κ3) is 2.44. The zero-order valence-corrected chi connectivity index (χ0v) is 12.7. The van der Waals surface area contributed by atoms with E-state index in [0.717, 1.165) is 33.9 Å². The summed E-state index contributed by atoms with van der Waals surface area (Å²) in [5.41, 5.74) is 4.73. The van der Waals surface area contributed by atoms with Crippen LogP contribution in [0.2, 0.25) is 0 Å². The minimum atomic E-state index is 0.790. The average Bonchev–Trinajstić information content (AvgIpc) is 3.06. The highest BCUT2D eigenvalue weighted by Crippen LogP contribution is 2.32. The van der Waals surface area contributed by atoms with E-state index in [1.807, 2.05) is 71.4 Å². The van der Waals surface area contributed by atoms with Gasteiger partial charge in [-0.3, -0.25) is 4.98 Å². The summed E-state index contributed by atoms with van der Waals surface area (Å²) in [6.07, 6.45) is 5.79. The van der Waals surface area contributed by atoms with Crippen LogP contribution in [0, 0.1) is 0 Å². The lowest BCUT2D eigenvalue weighted by molar-refractivity contribution is 0.416. The van der Waals surface area contributed by atoms with Gasteiger partial charge in [0.05, 0.1) is 18.5 Å². The van der Waals surface area contributed by atoms with E-state index in [4.69, 9.17) is 4.74 Å². The molecule has 112 valence electrons. The molecule has 23 heavy (non-hydrogen) atoms. The van der Waals surface area contributed by atoms with Crippen LogP contribution in [0.5, 0.6) is 5.75 Å². The van der Waals surface area contributed by atoms with Gasteiger partial charge >= 0.3 is 0 Å². The molecule has 0 unspecified atom stereocenters. The number of fused-ring (bicyclic) bond motifs is 1. The van der Waals surface area contributed by atoms with E-state index in [0.29, 0.717) is 0 Å². The predicted molar refractivity (Wildman–Crippen MR) is 90.4 cm³/mol. The van der Waals surface area contributed by atoms with Crippen LogP contribution >= 0.6 is 0 Å². The summed E-state index contributed by atoms with van der Waals surface area (Å²) in [7, 11) is 1.68.